The van der Waals surface area contributed by atoms with Gasteiger partial charge in [0, 0.05) is 6.61 Å². The first-order valence-electron chi connectivity index (χ1n) is 6.06. The molecule has 17 heavy (non-hydrogen) atoms. The van der Waals surface area contributed by atoms with Crippen LogP contribution in [0.5, 0.6) is 0 Å². The lowest BCUT2D eigenvalue weighted by Crippen LogP contribution is -2.13. The number of aliphatic carboxylic acids is 1. The maximum atomic E-state index is 11.3. The van der Waals surface area contributed by atoms with Gasteiger partial charge in [0.2, 0.25) is 0 Å². The van der Waals surface area contributed by atoms with Crippen molar-refractivity contribution in [3.63, 3.8) is 0 Å². The predicted molar refractivity (Wildman–Crippen MR) is 67.1 cm³/mol. The fourth-order valence-electron chi connectivity index (χ4n) is 2.03. The van der Waals surface area contributed by atoms with Crippen LogP contribution in [-0.2, 0) is 4.79 Å². The highest BCUT2D eigenvalue weighted by Crippen LogP contribution is 2.25. The molecular formula is C14H20O3. The Morgan fingerprint density at radius 3 is 2.53 bits per heavy atom. The van der Waals surface area contributed by atoms with E-state index in [0.29, 0.717) is 6.42 Å². The van der Waals surface area contributed by atoms with Crippen molar-refractivity contribution in [3.8, 4) is 0 Å². The summed E-state index contributed by atoms with van der Waals surface area (Å²) in [6.07, 6.45) is 3.11. The average Bonchev–Trinajstić information content (AvgIpc) is 2.30. The highest BCUT2D eigenvalue weighted by molar-refractivity contribution is 5.76. The van der Waals surface area contributed by atoms with Crippen molar-refractivity contribution in [3.05, 3.63) is 35.4 Å². The number of aliphatic hydroxyl groups is 1. The molecule has 1 unspecified atom stereocenters. The fraction of sp³-hybridized carbons (Fsp3) is 0.500. The first-order valence-corrected chi connectivity index (χ1v) is 6.06. The van der Waals surface area contributed by atoms with Crippen LogP contribution >= 0.6 is 0 Å². The van der Waals surface area contributed by atoms with Gasteiger partial charge in [-0.1, -0.05) is 37.1 Å². The third-order valence-corrected chi connectivity index (χ3v) is 3.01. The first kappa shape index (κ1) is 13.7. The van der Waals surface area contributed by atoms with E-state index in [9.17, 15) is 9.90 Å². The summed E-state index contributed by atoms with van der Waals surface area (Å²) in [5.41, 5.74) is 1.94. The van der Waals surface area contributed by atoms with Gasteiger partial charge in [0.15, 0.2) is 0 Å². The van der Waals surface area contributed by atoms with Crippen LogP contribution in [0.4, 0.5) is 0 Å². The highest BCUT2D eigenvalue weighted by atomic mass is 16.4. The number of aryl methyl sites for hydroxylation is 1. The second kappa shape index (κ2) is 7.07. The minimum atomic E-state index is -0.761. The van der Waals surface area contributed by atoms with Crippen LogP contribution in [0.1, 0.15) is 42.7 Å². The van der Waals surface area contributed by atoms with E-state index in [2.05, 4.69) is 0 Å². The van der Waals surface area contributed by atoms with Crippen molar-refractivity contribution in [2.75, 3.05) is 6.61 Å². The molecule has 0 amide bonds. The van der Waals surface area contributed by atoms with Crippen LogP contribution in [0, 0.1) is 6.92 Å². The van der Waals surface area contributed by atoms with Gasteiger partial charge in [-0.2, -0.15) is 0 Å². The Hall–Kier alpha value is -1.35. The van der Waals surface area contributed by atoms with Gasteiger partial charge in [-0.15, -0.1) is 0 Å². The van der Waals surface area contributed by atoms with Crippen molar-refractivity contribution in [2.24, 2.45) is 0 Å². The maximum absolute atomic E-state index is 11.3. The van der Waals surface area contributed by atoms with Gasteiger partial charge in [0.05, 0.1) is 5.92 Å². The molecule has 0 aliphatic carbocycles. The summed E-state index contributed by atoms with van der Waals surface area (Å²) < 4.78 is 0. The number of carboxylic acids is 1. The highest BCUT2D eigenvalue weighted by Gasteiger charge is 2.20. The van der Waals surface area contributed by atoms with E-state index < -0.39 is 11.9 Å². The molecule has 0 fully saturated rings. The second-order valence-corrected chi connectivity index (χ2v) is 4.32. The molecule has 1 rings (SSSR count). The molecule has 94 valence electrons. The van der Waals surface area contributed by atoms with E-state index in [0.717, 1.165) is 30.4 Å². The first-order chi connectivity index (χ1) is 8.16. The zero-order valence-corrected chi connectivity index (χ0v) is 10.2. The molecule has 1 atom stereocenters. The van der Waals surface area contributed by atoms with Gasteiger partial charge in [0.25, 0.3) is 0 Å². The number of hydrogen-bond donors (Lipinski definition) is 2. The number of hydrogen-bond acceptors (Lipinski definition) is 2. The molecule has 0 aliphatic rings. The minimum absolute atomic E-state index is 0.183. The monoisotopic (exact) mass is 236 g/mol. The van der Waals surface area contributed by atoms with E-state index in [1.165, 1.54) is 0 Å². The molecule has 0 radical (unpaired) electrons. The molecule has 0 saturated heterocycles. The van der Waals surface area contributed by atoms with Gasteiger partial charge in [-0.05, 0) is 30.9 Å². The van der Waals surface area contributed by atoms with Crippen molar-refractivity contribution in [2.45, 2.75) is 38.5 Å². The molecule has 0 heterocycles. The maximum Gasteiger partial charge on any atom is 0.310 e. The molecule has 0 saturated carbocycles. The van der Waals surface area contributed by atoms with Crippen LogP contribution < -0.4 is 0 Å². The summed E-state index contributed by atoms with van der Waals surface area (Å²) in [6.45, 7) is 2.13. The SMILES string of the molecule is Cc1ccccc1C(CCCCCO)C(=O)O. The number of carbonyl (C=O) groups is 1. The lowest BCUT2D eigenvalue weighted by atomic mass is 9.90. The molecule has 3 heteroatoms. The van der Waals surface area contributed by atoms with Crippen molar-refractivity contribution < 1.29 is 15.0 Å². The zero-order valence-electron chi connectivity index (χ0n) is 10.2. The zero-order chi connectivity index (χ0) is 12.7. The summed E-state index contributed by atoms with van der Waals surface area (Å²) >= 11 is 0. The summed E-state index contributed by atoms with van der Waals surface area (Å²) in [5.74, 6) is -1.18. The molecule has 1 aromatic carbocycles. The van der Waals surface area contributed by atoms with Crippen LogP contribution in [0.25, 0.3) is 0 Å². The van der Waals surface area contributed by atoms with E-state index in [4.69, 9.17) is 5.11 Å². The van der Waals surface area contributed by atoms with Crippen LogP contribution in [0.15, 0.2) is 24.3 Å². The van der Waals surface area contributed by atoms with Crippen molar-refractivity contribution >= 4 is 5.97 Å². The Morgan fingerprint density at radius 2 is 1.94 bits per heavy atom. The normalized spacial score (nSPS) is 12.4. The molecule has 0 aliphatic heterocycles. The van der Waals surface area contributed by atoms with E-state index >= 15 is 0 Å². The summed E-state index contributed by atoms with van der Waals surface area (Å²) in [4.78, 5) is 11.3. The van der Waals surface area contributed by atoms with Crippen LogP contribution in [0.3, 0.4) is 0 Å². The Labute approximate surface area is 102 Å². The summed E-state index contributed by atoms with van der Waals surface area (Å²) in [7, 11) is 0. The molecule has 0 spiro atoms. The lowest BCUT2D eigenvalue weighted by Gasteiger charge is -2.14. The Bertz CT molecular complexity index is 360. The van der Waals surface area contributed by atoms with E-state index in [1.807, 2.05) is 31.2 Å². The minimum Gasteiger partial charge on any atom is -0.481 e. The Balaban J connectivity index is 2.66. The standard InChI is InChI=1S/C14H20O3/c1-11-7-4-5-8-12(11)13(14(16)17)9-3-2-6-10-15/h4-5,7-8,13,15H,2-3,6,9-10H2,1H3,(H,16,17). The van der Waals surface area contributed by atoms with Gasteiger partial charge in [-0.3, -0.25) is 4.79 Å². The Kier molecular flexibility index (Phi) is 5.70. The van der Waals surface area contributed by atoms with Crippen LogP contribution in [-0.4, -0.2) is 22.8 Å². The molecule has 3 nitrogen and oxygen atoms in total. The lowest BCUT2D eigenvalue weighted by molar-refractivity contribution is -0.139. The summed E-state index contributed by atoms with van der Waals surface area (Å²) in [5, 5.41) is 17.9. The predicted octanol–water partition coefficient (Wildman–Crippen LogP) is 2.72. The van der Waals surface area contributed by atoms with Gasteiger partial charge in [-0.25, -0.2) is 0 Å². The quantitative estimate of drug-likeness (QED) is 0.716. The molecule has 0 aromatic heterocycles. The van der Waals surface area contributed by atoms with Gasteiger partial charge >= 0.3 is 5.97 Å². The third-order valence-electron chi connectivity index (χ3n) is 3.01. The van der Waals surface area contributed by atoms with E-state index in [-0.39, 0.29) is 6.61 Å². The largest absolute Gasteiger partial charge is 0.481 e. The van der Waals surface area contributed by atoms with Crippen LogP contribution in [0.2, 0.25) is 0 Å². The third kappa shape index (κ3) is 4.19. The number of carboxylic acid groups (broad SMARTS) is 1. The summed E-state index contributed by atoms with van der Waals surface area (Å²) in [6, 6.07) is 7.63. The molecular weight excluding hydrogens is 216 g/mol. The molecule has 1 aromatic rings. The molecule has 2 N–H and O–H groups in total. The number of benzene rings is 1. The second-order valence-electron chi connectivity index (χ2n) is 4.32. The average molecular weight is 236 g/mol. The van der Waals surface area contributed by atoms with Gasteiger partial charge in [0.1, 0.15) is 0 Å². The molecule has 0 bridgehead atoms. The van der Waals surface area contributed by atoms with Crippen molar-refractivity contribution in [1.82, 2.24) is 0 Å². The van der Waals surface area contributed by atoms with Gasteiger partial charge < -0.3 is 10.2 Å². The fourth-order valence-corrected chi connectivity index (χ4v) is 2.03. The number of rotatable bonds is 7. The topological polar surface area (TPSA) is 57.5 Å². The Morgan fingerprint density at radius 1 is 1.24 bits per heavy atom. The number of aliphatic hydroxyl groups excluding tert-OH is 1. The smallest absolute Gasteiger partial charge is 0.310 e. The van der Waals surface area contributed by atoms with Crippen molar-refractivity contribution in [1.29, 1.82) is 0 Å². The number of unbranched alkanes of at least 4 members (excludes halogenated alkanes) is 2. The van der Waals surface area contributed by atoms with E-state index in [1.54, 1.807) is 0 Å².